The van der Waals surface area contributed by atoms with Gasteiger partial charge in [-0.15, -0.1) is 0 Å². The molecule has 2 rings (SSSR count). The number of aromatic nitrogens is 1. The monoisotopic (exact) mass is 277 g/mol. The Morgan fingerprint density at radius 2 is 2.20 bits per heavy atom. The lowest BCUT2D eigenvalue weighted by Crippen LogP contribution is -2.48. The fourth-order valence-electron chi connectivity index (χ4n) is 3.34. The van der Waals surface area contributed by atoms with Crippen LogP contribution in [0.2, 0.25) is 0 Å². The molecule has 0 bridgehead atoms. The van der Waals surface area contributed by atoms with E-state index in [0.29, 0.717) is 12.0 Å². The lowest BCUT2D eigenvalue weighted by atomic mass is 9.90. The maximum Gasteiger partial charge on any atom is 0.128 e. The van der Waals surface area contributed by atoms with Crippen molar-refractivity contribution in [2.24, 2.45) is 11.7 Å². The van der Waals surface area contributed by atoms with Crippen molar-refractivity contribution < 1.29 is 4.74 Å². The van der Waals surface area contributed by atoms with E-state index in [9.17, 15) is 0 Å². The van der Waals surface area contributed by atoms with Crippen LogP contribution in [-0.4, -0.2) is 36.1 Å². The van der Waals surface area contributed by atoms with Crippen LogP contribution in [-0.2, 0) is 6.54 Å². The molecule has 1 aliphatic heterocycles. The first kappa shape index (κ1) is 15.3. The topological polar surface area (TPSA) is 51.4 Å². The lowest BCUT2D eigenvalue weighted by molar-refractivity contribution is 0.0974. The molecule has 4 heteroatoms. The van der Waals surface area contributed by atoms with E-state index < -0.39 is 0 Å². The van der Waals surface area contributed by atoms with Gasteiger partial charge in [-0.3, -0.25) is 9.88 Å². The summed E-state index contributed by atoms with van der Waals surface area (Å²) < 4.78 is 5.50. The van der Waals surface area contributed by atoms with E-state index in [1.54, 1.807) is 7.11 Å². The number of piperidine rings is 1. The highest BCUT2D eigenvalue weighted by atomic mass is 16.5. The van der Waals surface area contributed by atoms with Crippen LogP contribution in [0, 0.1) is 19.8 Å². The highest BCUT2D eigenvalue weighted by Gasteiger charge is 2.28. The molecule has 1 aliphatic rings. The Labute approximate surface area is 122 Å². The minimum absolute atomic E-state index is 0.470. The Bertz CT molecular complexity index is 461. The van der Waals surface area contributed by atoms with Gasteiger partial charge in [-0.1, -0.05) is 6.92 Å². The Morgan fingerprint density at radius 3 is 2.85 bits per heavy atom. The van der Waals surface area contributed by atoms with Crippen LogP contribution in [0.25, 0.3) is 0 Å². The average Bonchev–Trinajstić information content (AvgIpc) is 2.43. The van der Waals surface area contributed by atoms with Gasteiger partial charge in [0, 0.05) is 36.5 Å². The Morgan fingerprint density at radius 1 is 1.45 bits per heavy atom. The number of nitrogens with zero attached hydrogens (tertiary/aromatic N) is 2. The second-order valence-electron chi connectivity index (χ2n) is 5.94. The molecule has 0 aromatic carbocycles. The molecule has 2 heterocycles. The number of aryl methyl sites for hydroxylation is 1. The van der Waals surface area contributed by atoms with Crippen LogP contribution in [0.15, 0.2) is 6.20 Å². The summed E-state index contributed by atoms with van der Waals surface area (Å²) in [6.45, 7) is 9.15. The fraction of sp³-hybridized carbons (Fsp3) is 0.688. The summed E-state index contributed by atoms with van der Waals surface area (Å²) in [4.78, 5) is 7.10. The van der Waals surface area contributed by atoms with Gasteiger partial charge in [-0.25, -0.2) is 0 Å². The Hall–Kier alpha value is -1.13. The summed E-state index contributed by atoms with van der Waals surface area (Å²) in [6.07, 6.45) is 4.44. The maximum atomic E-state index is 5.97. The van der Waals surface area contributed by atoms with E-state index in [1.165, 1.54) is 12.8 Å². The lowest BCUT2D eigenvalue weighted by Gasteiger charge is -2.39. The predicted molar refractivity (Wildman–Crippen MR) is 81.9 cm³/mol. The molecule has 0 spiro atoms. The molecule has 0 radical (unpaired) electrons. The van der Waals surface area contributed by atoms with Gasteiger partial charge >= 0.3 is 0 Å². The van der Waals surface area contributed by atoms with Gasteiger partial charge in [0.1, 0.15) is 5.75 Å². The normalized spacial score (nSPS) is 23.9. The average molecular weight is 277 g/mol. The molecule has 4 nitrogen and oxygen atoms in total. The number of hydrogen-bond acceptors (Lipinski definition) is 4. The van der Waals surface area contributed by atoms with Crippen LogP contribution in [0.5, 0.6) is 5.75 Å². The molecule has 20 heavy (non-hydrogen) atoms. The quantitative estimate of drug-likeness (QED) is 0.917. The first-order valence-corrected chi connectivity index (χ1v) is 7.51. The van der Waals surface area contributed by atoms with E-state index in [-0.39, 0.29) is 0 Å². The highest BCUT2D eigenvalue weighted by molar-refractivity contribution is 5.41. The van der Waals surface area contributed by atoms with Gasteiger partial charge in [0.2, 0.25) is 0 Å². The molecule has 0 amide bonds. The van der Waals surface area contributed by atoms with Crippen LogP contribution in [0.3, 0.4) is 0 Å². The number of likely N-dealkylation sites (tertiary alicyclic amines) is 1. The zero-order chi connectivity index (χ0) is 14.7. The zero-order valence-corrected chi connectivity index (χ0v) is 13.1. The summed E-state index contributed by atoms with van der Waals surface area (Å²) in [5.41, 5.74) is 9.33. The van der Waals surface area contributed by atoms with Crippen molar-refractivity contribution in [3.63, 3.8) is 0 Å². The van der Waals surface area contributed by atoms with Crippen LogP contribution in [0.1, 0.15) is 36.6 Å². The summed E-state index contributed by atoms with van der Waals surface area (Å²) >= 11 is 0. The zero-order valence-electron chi connectivity index (χ0n) is 13.1. The van der Waals surface area contributed by atoms with Crippen molar-refractivity contribution in [3.8, 4) is 5.75 Å². The molecular weight excluding hydrogens is 250 g/mol. The molecule has 0 aliphatic carbocycles. The predicted octanol–water partition coefficient (Wildman–Crippen LogP) is 2.27. The van der Waals surface area contributed by atoms with E-state index in [1.807, 2.05) is 13.1 Å². The van der Waals surface area contributed by atoms with Gasteiger partial charge in [0.15, 0.2) is 0 Å². The van der Waals surface area contributed by atoms with Crippen molar-refractivity contribution in [1.82, 2.24) is 9.88 Å². The third kappa shape index (κ3) is 2.96. The molecule has 2 unspecified atom stereocenters. The highest BCUT2D eigenvalue weighted by Crippen LogP contribution is 2.28. The van der Waals surface area contributed by atoms with E-state index in [2.05, 4.69) is 23.7 Å². The molecule has 1 aromatic rings. The largest absolute Gasteiger partial charge is 0.496 e. The Balaban J connectivity index is 2.21. The second kappa shape index (κ2) is 6.55. The number of rotatable bonds is 4. The van der Waals surface area contributed by atoms with E-state index in [0.717, 1.165) is 42.2 Å². The number of pyridine rings is 1. The first-order chi connectivity index (χ1) is 9.58. The van der Waals surface area contributed by atoms with Crippen LogP contribution in [0.4, 0.5) is 0 Å². The van der Waals surface area contributed by atoms with Crippen molar-refractivity contribution in [2.75, 3.05) is 20.2 Å². The minimum atomic E-state index is 0.470. The fourth-order valence-corrected chi connectivity index (χ4v) is 3.34. The number of hydrogen-bond donors (Lipinski definition) is 1. The van der Waals surface area contributed by atoms with Crippen LogP contribution >= 0.6 is 0 Å². The van der Waals surface area contributed by atoms with Gasteiger partial charge < -0.3 is 10.5 Å². The third-order valence-electron chi connectivity index (χ3n) is 4.57. The van der Waals surface area contributed by atoms with Crippen molar-refractivity contribution in [1.29, 1.82) is 0 Å². The molecule has 2 atom stereocenters. The van der Waals surface area contributed by atoms with Crippen molar-refractivity contribution in [3.05, 3.63) is 23.0 Å². The molecule has 0 saturated carbocycles. The Kier molecular flexibility index (Phi) is 5.00. The van der Waals surface area contributed by atoms with Gasteiger partial charge in [-0.2, -0.15) is 0 Å². The summed E-state index contributed by atoms with van der Waals surface area (Å²) in [6, 6.07) is 0.470. The van der Waals surface area contributed by atoms with Crippen LogP contribution < -0.4 is 10.5 Å². The summed E-state index contributed by atoms with van der Waals surface area (Å²) in [7, 11) is 1.73. The van der Waals surface area contributed by atoms with Gasteiger partial charge in [0.05, 0.1) is 12.8 Å². The van der Waals surface area contributed by atoms with Crippen molar-refractivity contribution >= 4 is 0 Å². The third-order valence-corrected chi connectivity index (χ3v) is 4.57. The number of nitrogens with two attached hydrogens (primary N) is 1. The standard InChI is InChI=1S/C16H27N3O/c1-11-6-5-7-19(15(11)8-17)10-14-13(3)16(20-4)12(2)9-18-14/h9,11,15H,5-8,10,17H2,1-4H3. The molecular formula is C16H27N3O. The molecule has 2 N–H and O–H groups in total. The molecule has 1 aromatic heterocycles. The van der Waals surface area contributed by atoms with Gasteiger partial charge in [0.25, 0.3) is 0 Å². The van der Waals surface area contributed by atoms with Crippen molar-refractivity contribution in [2.45, 2.75) is 46.2 Å². The first-order valence-electron chi connectivity index (χ1n) is 7.51. The van der Waals surface area contributed by atoms with E-state index >= 15 is 0 Å². The summed E-state index contributed by atoms with van der Waals surface area (Å²) in [5.74, 6) is 1.63. The second-order valence-corrected chi connectivity index (χ2v) is 5.94. The molecule has 1 fully saturated rings. The maximum absolute atomic E-state index is 5.97. The van der Waals surface area contributed by atoms with E-state index in [4.69, 9.17) is 10.5 Å². The SMILES string of the molecule is COc1c(C)cnc(CN2CCCC(C)C2CN)c1C. The molecule has 1 saturated heterocycles. The smallest absolute Gasteiger partial charge is 0.128 e. The summed E-state index contributed by atoms with van der Waals surface area (Å²) in [5, 5.41) is 0. The molecule has 112 valence electrons. The minimum Gasteiger partial charge on any atom is -0.496 e. The number of methoxy groups -OCH3 is 1. The number of ether oxygens (including phenoxy) is 1. The van der Waals surface area contributed by atoms with Gasteiger partial charge in [-0.05, 0) is 39.2 Å².